The van der Waals surface area contributed by atoms with E-state index < -0.39 is 0 Å². The van der Waals surface area contributed by atoms with Gasteiger partial charge in [-0.15, -0.1) is 0 Å². The van der Waals surface area contributed by atoms with Crippen molar-refractivity contribution in [2.24, 2.45) is 5.92 Å². The van der Waals surface area contributed by atoms with Crippen LogP contribution in [0.1, 0.15) is 19.8 Å². The third-order valence-electron chi connectivity index (χ3n) is 2.95. The molecule has 1 heterocycles. The van der Waals surface area contributed by atoms with E-state index in [0.717, 1.165) is 11.7 Å². The van der Waals surface area contributed by atoms with Crippen LogP contribution in [-0.2, 0) is 0 Å². The molecular weight excluding hydrogens is 176 g/mol. The molecule has 1 aromatic rings. The van der Waals surface area contributed by atoms with Crippen molar-refractivity contribution < 1.29 is 0 Å². The highest BCUT2D eigenvalue weighted by Crippen LogP contribution is 2.35. The minimum atomic E-state index is 0.532. The summed E-state index contributed by atoms with van der Waals surface area (Å²) in [4.78, 5) is 10.3. The lowest BCUT2D eigenvalue weighted by Crippen LogP contribution is -2.31. The van der Waals surface area contributed by atoms with Crippen LogP contribution < -0.4 is 10.6 Å². The van der Waals surface area contributed by atoms with Crippen LogP contribution in [0.4, 0.5) is 11.6 Å². The Balaban J connectivity index is 2.13. The zero-order valence-electron chi connectivity index (χ0n) is 8.64. The molecule has 1 aromatic heterocycles. The second-order valence-electron chi connectivity index (χ2n) is 3.99. The molecule has 2 N–H and O–H groups in total. The van der Waals surface area contributed by atoms with E-state index in [4.69, 9.17) is 5.73 Å². The summed E-state index contributed by atoms with van der Waals surface area (Å²) >= 11 is 0. The van der Waals surface area contributed by atoms with Gasteiger partial charge in [0.25, 0.3) is 0 Å². The molecule has 0 bridgehead atoms. The number of aromatic nitrogens is 2. The molecule has 0 aromatic carbocycles. The molecule has 1 atom stereocenters. The van der Waals surface area contributed by atoms with E-state index in [0.29, 0.717) is 11.9 Å². The molecule has 76 valence electrons. The summed E-state index contributed by atoms with van der Waals surface area (Å²) in [6.07, 6.45) is 4.19. The van der Waals surface area contributed by atoms with E-state index in [2.05, 4.69) is 28.8 Å². The predicted octanol–water partition coefficient (Wildman–Crippen LogP) is 1.29. The van der Waals surface area contributed by atoms with Gasteiger partial charge in [-0.2, -0.15) is 0 Å². The number of hydrogen-bond acceptors (Lipinski definition) is 4. The van der Waals surface area contributed by atoms with Gasteiger partial charge in [-0.3, -0.25) is 0 Å². The maximum absolute atomic E-state index is 5.61. The smallest absolute Gasteiger partial charge is 0.134 e. The minimum absolute atomic E-state index is 0.532. The van der Waals surface area contributed by atoms with E-state index >= 15 is 0 Å². The highest BCUT2D eigenvalue weighted by molar-refractivity contribution is 5.46. The predicted molar refractivity (Wildman–Crippen MR) is 57.0 cm³/mol. The Labute approximate surface area is 84.2 Å². The molecule has 0 amide bonds. The highest BCUT2D eigenvalue weighted by atomic mass is 15.2. The van der Waals surface area contributed by atoms with Crippen molar-refractivity contribution in [2.45, 2.75) is 25.8 Å². The van der Waals surface area contributed by atoms with Crippen LogP contribution in [0, 0.1) is 5.92 Å². The SMILES string of the molecule is CC(C1CC1)N(C)c1cc(N)ncn1. The summed E-state index contributed by atoms with van der Waals surface area (Å²) in [5, 5.41) is 0. The highest BCUT2D eigenvalue weighted by Gasteiger charge is 2.30. The number of nitrogen functional groups attached to an aromatic ring is 1. The summed E-state index contributed by atoms with van der Waals surface area (Å²) in [6.45, 7) is 2.23. The summed E-state index contributed by atoms with van der Waals surface area (Å²) < 4.78 is 0. The summed E-state index contributed by atoms with van der Waals surface area (Å²) in [6, 6.07) is 2.36. The fourth-order valence-corrected chi connectivity index (χ4v) is 1.66. The lowest BCUT2D eigenvalue weighted by molar-refractivity contribution is 0.603. The lowest BCUT2D eigenvalue weighted by Gasteiger charge is -2.25. The Morgan fingerprint density at radius 2 is 2.21 bits per heavy atom. The molecule has 0 aliphatic heterocycles. The van der Waals surface area contributed by atoms with Crippen molar-refractivity contribution in [1.29, 1.82) is 0 Å². The van der Waals surface area contributed by atoms with Crippen LogP contribution in [0.25, 0.3) is 0 Å². The van der Waals surface area contributed by atoms with Gasteiger partial charge in [0.05, 0.1) is 0 Å². The largest absolute Gasteiger partial charge is 0.384 e. The summed E-state index contributed by atoms with van der Waals surface area (Å²) in [7, 11) is 2.06. The number of nitrogens with two attached hydrogens (primary N) is 1. The Bertz CT molecular complexity index is 322. The quantitative estimate of drug-likeness (QED) is 0.784. The third-order valence-corrected chi connectivity index (χ3v) is 2.95. The first kappa shape index (κ1) is 9.24. The van der Waals surface area contributed by atoms with Crippen LogP contribution in [-0.4, -0.2) is 23.1 Å². The van der Waals surface area contributed by atoms with E-state index in [-0.39, 0.29) is 0 Å². The van der Waals surface area contributed by atoms with Gasteiger partial charge in [0.15, 0.2) is 0 Å². The molecular formula is C10H16N4. The van der Waals surface area contributed by atoms with Crippen molar-refractivity contribution >= 4 is 11.6 Å². The Morgan fingerprint density at radius 1 is 1.50 bits per heavy atom. The standard InChI is InChI=1S/C10H16N4/c1-7(8-3-4-8)14(2)10-5-9(11)12-6-13-10/h5-8H,3-4H2,1-2H3,(H2,11,12,13). The molecule has 14 heavy (non-hydrogen) atoms. The molecule has 1 fully saturated rings. The molecule has 1 unspecified atom stereocenters. The fraction of sp³-hybridized carbons (Fsp3) is 0.600. The molecule has 1 aliphatic carbocycles. The van der Waals surface area contributed by atoms with Gasteiger partial charge in [0.2, 0.25) is 0 Å². The van der Waals surface area contributed by atoms with Gasteiger partial charge in [-0.25, -0.2) is 9.97 Å². The Morgan fingerprint density at radius 3 is 2.79 bits per heavy atom. The fourth-order valence-electron chi connectivity index (χ4n) is 1.66. The lowest BCUT2D eigenvalue weighted by atomic mass is 10.2. The number of anilines is 2. The zero-order chi connectivity index (χ0) is 10.1. The van der Waals surface area contributed by atoms with Crippen LogP contribution in [0.3, 0.4) is 0 Å². The van der Waals surface area contributed by atoms with Crippen molar-refractivity contribution in [3.05, 3.63) is 12.4 Å². The van der Waals surface area contributed by atoms with Crippen molar-refractivity contribution in [3.63, 3.8) is 0 Å². The molecule has 4 nitrogen and oxygen atoms in total. The molecule has 2 rings (SSSR count). The molecule has 0 saturated heterocycles. The molecule has 0 spiro atoms. The van der Waals surface area contributed by atoms with Crippen LogP contribution in [0.15, 0.2) is 12.4 Å². The molecule has 1 saturated carbocycles. The maximum Gasteiger partial charge on any atom is 0.134 e. The molecule has 4 heteroatoms. The van der Waals surface area contributed by atoms with E-state index in [1.807, 2.05) is 6.07 Å². The third kappa shape index (κ3) is 1.78. The van der Waals surface area contributed by atoms with Gasteiger partial charge >= 0.3 is 0 Å². The van der Waals surface area contributed by atoms with Crippen molar-refractivity contribution in [3.8, 4) is 0 Å². The normalized spacial score (nSPS) is 17.9. The number of rotatable bonds is 3. The second-order valence-corrected chi connectivity index (χ2v) is 3.99. The zero-order valence-corrected chi connectivity index (χ0v) is 8.64. The van der Waals surface area contributed by atoms with Gasteiger partial charge in [-0.1, -0.05) is 0 Å². The van der Waals surface area contributed by atoms with E-state index in [1.165, 1.54) is 19.2 Å². The summed E-state index contributed by atoms with van der Waals surface area (Å²) in [5.74, 6) is 2.28. The monoisotopic (exact) mass is 192 g/mol. The van der Waals surface area contributed by atoms with Gasteiger partial charge < -0.3 is 10.6 Å². The first-order valence-corrected chi connectivity index (χ1v) is 4.99. The number of hydrogen-bond donors (Lipinski definition) is 1. The van der Waals surface area contributed by atoms with Gasteiger partial charge in [-0.05, 0) is 25.7 Å². The molecule has 1 aliphatic rings. The first-order valence-electron chi connectivity index (χ1n) is 4.99. The first-order chi connectivity index (χ1) is 6.68. The Kier molecular flexibility index (Phi) is 2.27. The average Bonchev–Trinajstić information content (AvgIpc) is 2.99. The van der Waals surface area contributed by atoms with Crippen LogP contribution in [0.5, 0.6) is 0 Å². The van der Waals surface area contributed by atoms with Crippen LogP contribution >= 0.6 is 0 Å². The van der Waals surface area contributed by atoms with E-state index in [9.17, 15) is 0 Å². The average molecular weight is 192 g/mol. The van der Waals surface area contributed by atoms with Gasteiger partial charge in [0, 0.05) is 19.2 Å². The van der Waals surface area contributed by atoms with Crippen LogP contribution in [0.2, 0.25) is 0 Å². The minimum Gasteiger partial charge on any atom is -0.384 e. The Hall–Kier alpha value is -1.32. The second kappa shape index (κ2) is 3.44. The van der Waals surface area contributed by atoms with E-state index in [1.54, 1.807) is 0 Å². The van der Waals surface area contributed by atoms with Crippen molar-refractivity contribution in [1.82, 2.24) is 9.97 Å². The van der Waals surface area contributed by atoms with Crippen molar-refractivity contribution in [2.75, 3.05) is 17.7 Å². The topological polar surface area (TPSA) is 55.0 Å². The van der Waals surface area contributed by atoms with Gasteiger partial charge in [0.1, 0.15) is 18.0 Å². The molecule has 0 radical (unpaired) electrons. The maximum atomic E-state index is 5.61. The summed E-state index contributed by atoms with van der Waals surface area (Å²) in [5.41, 5.74) is 5.61. The number of nitrogens with zero attached hydrogens (tertiary/aromatic N) is 3.